The number of hydrogen-bond donors (Lipinski definition) is 3. The maximum Gasteiger partial charge on any atom is 0.335 e. The third-order valence-electron chi connectivity index (χ3n) is 3.82. The summed E-state index contributed by atoms with van der Waals surface area (Å²) in [5.74, 6) is -0.928. The predicted octanol–water partition coefficient (Wildman–Crippen LogP) is 2.54. The highest BCUT2D eigenvalue weighted by atomic mass is 79.9. The van der Waals surface area contributed by atoms with Gasteiger partial charge in [0.2, 0.25) is 0 Å². The number of rotatable bonds is 5. The fourth-order valence-electron chi connectivity index (χ4n) is 2.55. The van der Waals surface area contributed by atoms with Gasteiger partial charge >= 0.3 is 5.97 Å². The van der Waals surface area contributed by atoms with Gasteiger partial charge in [0.25, 0.3) is 0 Å². The smallest absolute Gasteiger partial charge is 0.335 e. The van der Waals surface area contributed by atoms with Gasteiger partial charge in [-0.05, 0) is 30.5 Å². The van der Waals surface area contributed by atoms with E-state index in [1.54, 1.807) is 18.2 Å². The second-order valence-electron chi connectivity index (χ2n) is 5.11. The van der Waals surface area contributed by atoms with Gasteiger partial charge in [0.1, 0.15) is 0 Å². The Morgan fingerprint density at radius 1 is 1.37 bits per heavy atom. The van der Waals surface area contributed by atoms with Crippen molar-refractivity contribution in [2.24, 2.45) is 0 Å². The molecule has 2 rings (SSSR count). The summed E-state index contributed by atoms with van der Waals surface area (Å²) in [6.07, 6.45) is 4.28. The normalized spacial score (nSPS) is 17.6. The van der Waals surface area contributed by atoms with E-state index in [-0.39, 0.29) is 17.7 Å². The average molecular weight is 328 g/mol. The number of hydrogen-bond acceptors (Lipinski definition) is 3. The number of aromatic carboxylic acids is 1. The summed E-state index contributed by atoms with van der Waals surface area (Å²) in [5, 5.41) is 21.9. The Bertz CT molecular complexity index is 470. The van der Waals surface area contributed by atoms with Gasteiger partial charge in [0.05, 0.1) is 12.2 Å². The fraction of sp³-hybridized carbons (Fsp3) is 0.500. The first kappa shape index (κ1) is 14.5. The van der Waals surface area contributed by atoms with Crippen LogP contribution in [0.4, 0.5) is 0 Å². The second-order valence-corrected chi connectivity index (χ2v) is 5.96. The zero-order valence-electron chi connectivity index (χ0n) is 10.7. The minimum absolute atomic E-state index is 0.151. The molecule has 3 N–H and O–H groups in total. The van der Waals surface area contributed by atoms with E-state index < -0.39 is 5.97 Å². The molecule has 0 amide bonds. The summed E-state index contributed by atoms with van der Waals surface area (Å²) in [7, 11) is 0. The number of halogens is 1. The zero-order chi connectivity index (χ0) is 13.9. The van der Waals surface area contributed by atoms with Crippen molar-refractivity contribution in [2.75, 3.05) is 6.61 Å². The van der Waals surface area contributed by atoms with E-state index in [9.17, 15) is 9.90 Å². The van der Waals surface area contributed by atoms with Crippen molar-refractivity contribution in [2.45, 2.75) is 37.8 Å². The van der Waals surface area contributed by atoms with E-state index >= 15 is 0 Å². The molecule has 104 valence electrons. The van der Waals surface area contributed by atoms with Crippen LogP contribution in [0.1, 0.15) is 41.6 Å². The molecule has 0 unspecified atom stereocenters. The fourth-order valence-corrected chi connectivity index (χ4v) is 3.07. The van der Waals surface area contributed by atoms with E-state index in [0.29, 0.717) is 6.54 Å². The molecule has 19 heavy (non-hydrogen) atoms. The molecule has 0 saturated heterocycles. The monoisotopic (exact) mass is 327 g/mol. The van der Waals surface area contributed by atoms with Crippen molar-refractivity contribution < 1.29 is 15.0 Å². The summed E-state index contributed by atoms with van der Waals surface area (Å²) in [6, 6.07) is 5.02. The summed E-state index contributed by atoms with van der Waals surface area (Å²) >= 11 is 3.40. The van der Waals surface area contributed by atoms with Gasteiger partial charge in [-0.15, -0.1) is 0 Å². The van der Waals surface area contributed by atoms with Crippen LogP contribution in [0.25, 0.3) is 0 Å². The molecule has 0 radical (unpaired) electrons. The van der Waals surface area contributed by atoms with Gasteiger partial charge in [0, 0.05) is 16.6 Å². The topological polar surface area (TPSA) is 69.6 Å². The van der Waals surface area contributed by atoms with Crippen molar-refractivity contribution in [3.05, 3.63) is 33.8 Å². The molecule has 1 aromatic rings. The van der Waals surface area contributed by atoms with Gasteiger partial charge in [-0.3, -0.25) is 0 Å². The maximum atomic E-state index is 10.9. The molecule has 0 aliphatic heterocycles. The molecular weight excluding hydrogens is 310 g/mol. The van der Waals surface area contributed by atoms with E-state index in [0.717, 1.165) is 35.7 Å². The van der Waals surface area contributed by atoms with Gasteiger partial charge < -0.3 is 15.5 Å². The average Bonchev–Trinajstić information content (AvgIpc) is 2.86. The Morgan fingerprint density at radius 2 is 2.05 bits per heavy atom. The van der Waals surface area contributed by atoms with Crippen LogP contribution >= 0.6 is 15.9 Å². The quantitative estimate of drug-likeness (QED) is 0.777. The first-order valence-electron chi connectivity index (χ1n) is 6.44. The molecule has 0 bridgehead atoms. The first-order chi connectivity index (χ1) is 9.06. The molecule has 5 heteroatoms. The third-order valence-corrected chi connectivity index (χ3v) is 4.56. The molecule has 0 atom stereocenters. The van der Waals surface area contributed by atoms with Crippen LogP contribution in [0.15, 0.2) is 22.7 Å². The summed E-state index contributed by atoms with van der Waals surface area (Å²) < 4.78 is 0.783. The Morgan fingerprint density at radius 3 is 2.58 bits per heavy atom. The van der Waals surface area contributed by atoms with Crippen LogP contribution in [-0.4, -0.2) is 28.3 Å². The molecule has 0 heterocycles. The number of nitrogens with one attached hydrogen (secondary N) is 1. The number of aliphatic hydroxyl groups excluding tert-OH is 1. The number of carboxylic acids is 1. The highest BCUT2D eigenvalue weighted by molar-refractivity contribution is 9.10. The van der Waals surface area contributed by atoms with Gasteiger partial charge in [-0.25, -0.2) is 4.79 Å². The van der Waals surface area contributed by atoms with Crippen molar-refractivity contribution >= 4 is 21.9 Å². The molecule has 1 aliphatic carbocycles. The molecular formula is C14H18BrNO3. The standard InChI is InChI=1S/C14H18BrNO3/c15-12-7-10(13(18)19)3-4-11(12)8-16-14(9-17)5-1-2-6-14/h3-4,7,16-17H,1-2,5-6,8-9H2,(H,18,19). The molecule has 1 aliphatic rings. The lowest BCUT2D eigenvalue weighted by molar-refractivity contribution is 0.0697. The highest BCUT2D eigenvalue weighted by Gasteiger charge is 2.32. The highest BCUT2D eigenvalue weighted by Crippen LogP contribution is 2.30. The maximum absolute atomic E-state index is 10.9. The van der Waals surface area contributed by atoms with Crippen LogP contribution in [0, 0.1) is 0 Å². The summed E-state index contributed by atoms with van der Waals surface area (Å²) in [4.78, 5) is 10.9. The van der Waals surface area contributed by atoms with E-state index in [1.165, 1.54) is 0 Å². The second kappa shape index (κ2) is 6.03. The number of benzene rings is 1. The summed E-state index contributed by atoms with van der Waals surface area (Å²) in [5.41, 5.74) is 1.11. The zero-order valence-corrected chi connectivity index (χ0v) is 12.2. The Kier molecular flexibility index (Phi) is 4.60. The SMILES string of the molecule is O=C(O)c1ccc(CNC2(CO)CCCC2)c(Br)c1. The molecule has 1 fully saturated rings. The molecule has 0 aromatic heterocycles. The lowest BCUT2D eigenvalue weighted by Crippen LogP contribution is -2.45. The largest absolute Gasteiger partial charge is 0.478 e. The van der Waals surface area contributed by atoms with Crippen LogP contribution in [0.2, 0.25) is 0 Å². The van der Waals surface area contributed by atoms with E-state index in [4.69, 9.17) is 5.11 Å². The van der Waals surface area contributed by atoms with Crippen molar-refractivity contribution in [1.29, 1.82) is 0 Å². The minimum Gasteiger partial charge on any atom is -0.478 e. The lowest BCUT2D eigenvalue weighted by atomic mass is 9.98. The predicted molar refractivity (Wildman–Crippen MR) is 76.2 cm³/mol. The van der Waals surface area contributed by atoms with Gasteiger partial charge in [-0.2, -0.15) is 0 Å². The van der Waals surface area contributed by atoms with Gasteiger partial charge in [-0.1, -0.05) is 34.8 Å². The number of carboxylic acid groups (broad SMARTS) is 1. The third kappa shape index (κ3) is 3.35. The number of carbonyl (C=O) groups is 1. The Balaban J connectivity index is 2.05. The van der Waals surface area contributed by atoms with E-state index in [2.05, 4.69) is 21.2 Å². The Labute approximate surface area is 121 Å². The lowest BCUT2D eigenvalue weighted by Gasteiger charge is -2.28. The summed E-state index contributed by atoms with van der Waals surface area (Å²) in [6.45, 7) is 0.777. The first-order valence-corrected chi connectivity index (χ1v) is 7.23. The molecule has 0 spiro atoms. The van der Waals surface area contributed by atoms with Crippen molar-refractivity contribution in [1.82, 2.24) is 5.32 Å². The molecule has 1 saturated carbocycles. The van der Waals surface area contributed by atoms with Gasteiger partial charge in [0.15, 0.2) is 0 Å². The van der Waals surface area contributed by atoms with Crippen molar-refractivity contribution in [3.63, 3.8) is 0 Å². The van der Waals surface area contributed by atoms with Crippen LogP contribution < -0.4 is 5.32 Å². The van der Waals surface area contributed by atoms with Crippen molar-refractivity contribution in [3.8, 4) is 0 Å². The van der Waals surface area contributed by atoms with Crippen LogP contribution in [0.5, 0.6) is 0 Å². The Hall–Kier alpha value is -0.910. The van der Waals surface area contributed by atoms with Crippen LogP contribution in [-0.2, 0) is 6.54 Å². The minimum atomic E-state index is -0.928. The molecule has 4 nitrogen and oxygen atoms in total. The van der Waals surface area contributed by atoms with Crippen LogP contribution in [0.3, 0.4) is 0 Å². The molecule has 1 aromatic carbocycles. The van der Waals surface area contributed by atoms with E-state index in [1.807, 2.05) is 0 Å². The number of aliphatic hydroxyl groups is 1.